The van der Waals surface area contributed by atoms with Gasteiger partial charge in [-0.3, -0.25) is 9.59 Å². The third-order valence-electron chi connectivity index (χ3n) is 4.94. The van der Waals surface area contributed by atoms with Gasteiger partial charge in [-0.25, -0.2) is 0 Å². The second-order valence-electron chi connectivity index (χ2n) is 8.11. The van der Waals surface area contributed by atoms with E-state index in [1.807, 2.05) is 37.3 Å². The quantitative estimate of drug-likeness (QED) is 0.466. The maximum Gasteiger partial charge on any atom is 0.228 e. The molecule has 3 atom stereocenters. The number of β-lactam (4-membered cyclic amide) rings is 1. The largest absolute Gasteiger partial charge is 0.414 e. The van der Waals surface area contributed by atoms with Crippen LogP contribution in [0.1, 0.15) is 34.1 Å². The molecule has 25 heavy (non-hydrogen) atoms. The lowest BCUT2D eigenvalue weighted by molar-refractivity contribution is -0.159. The minimum Gasteiger partial charge on any atom is -0.414 e. The number of hydrogen-bond acceptors (Lipinski definition) is 4. The highest BCUT2D eigenvalue weighted by Gasteiger charge is 2.57. The van der Waals surface area contributed by atoms with Gasteiger partial charge in [0.05, 0.1) is 17.6 Å². The topological polar surface area (TPSA) is 55.4 Å². The molecule has 1 fully saturated rings. The second-order valence-corrected chi connectivity index (χ2v) is 11.6. The zero-order valence-corrected chi connectivity index (χ0v) is 17.9. The molecule has 1 aliphatic rings. The van der Waals surface area contributed by atoms with E-state index in [2.05, 4.69) is 39.2 Å². The van der Waals surface area contributed by atoms with Crippen LogP contribution in [0.4, 0.5) is 0 Å². The van der Waals surface area contributed by atoms with Gasteiger partial charge in [0.1, 0.15) is 0 Å². The molecule has 1 heterocycles. The van der Waals surface area contributed by atoms with Crippen molar-refractivity contribution < 1.29 is 14.0 Å². The minimum atomic E-state index is -1.35. The van der Waals surface area contributed by atoms with Gasteiger partial charge >= 0.3 is 0 Å². The van der Waals surface area contributed by atoms with Crippen molar-refractivity contribution in [2.24, 2.45) is 11.3 Å². The molecule has 2 rings (SSSR count). The van der Waals surface area contributed by atoms with Crippen LogP contribution in [-0.4, -0.2) is 31.7 Å². The first kappa shape index (κ1) is 20.2. The fraction of sp³-hybridized carbons (Fsp3) is 0.579. The minimum absolute atomic E-state index is 0.00501. The molecule has 0 bridgehead atoms. The van der Waals surface area contributed by atoms with Crippen LogP contribution >= 0.6 is 11.8 Å². The number of carbonyl (C=O) groups excluding carboxylic acids is 2. The van der Waals surface area contributed by atoms with Crippen LogP contribution in [0.2, 0.25) is 13.1 Å². The Bertz CT molecular complexity index is 629. The van der Waals surface area contributed by atoms with E-state index in [0.29, 0.717) is 6.42 Å². The Morgan fingerprint density at radius 1 is 1.20 bits per heavy atom. The SMILES string of the molecule is C[SiH](C)O[C@](C)([C@H]1C(=O)N[C@@H]1CC(=O)Sc1ccccc1)C(C)(C)C. The van der Waals surface area contributed by atoms with Crippen molar-refractivity contribution in [3.63, 3.8) is 0 Å². The zero-order valence-electron chi connectivity index (χ0n) is 16.0. The average Bonchev–Trinajstić information content (AvgIpc) is 2.45. The van der Waals surface area contributed by atoms with Crippen molar-refractivity contribution >= 4 is 31.8 Å². The molecule has 1 aliphatic heterocycles. The summed E-state index contributed by atoms with van der Waals surface area (Å²) in [6, 6.07) is 9.45. The number of hydrogen-bond donors (Lipinski definition) is 1. The third kappa shape index (κ3) is 4.54. The number of carbonyl (C=O) groups is 2. The van der Waals surface area contributed by atoms with E-state index in [0.717, 1.165) is 4.90 Å². The van der Waals surface area contributed by atoms with Gasteiger partial charge in [-0.15, -0.1) is 0 Å². The third-order valence-corrected chi connectivity index (χ3v) is 6.80. The van der Waals surface area contributed by atoms with Crippen molar-refractivity contribution in [2.45, 2.75) is 63.7 Å². The van der Waals surface area contributed by atoms with E-state index in [1.165, 1.54) is 11.8 Å². The second kappa shape index (κ2) is 7.64. The smallest absolute Gasteiger partial charge is 0.228 e. The molecule has 0 saturated carbocycles. The van der Waals surface area contributed by atoms with E-state index in [9.17, 15) is 9.59 Å². The number of nitrogens with one attached hydrogen (secondary N) is 1. The van der Waals surface area contributed by atoms with E-state index in [-0.39, 0.29) is 28.4 Å². The lowest BCUT2D eigenvalue weighted by Gasteiger charge is -2.54. The molecule has 0 spiro atoms. The van der Waals surface area contributed by atoms with Crippen LogP contribution in [0, 0.1) is 11.3 Å². The maximum atomic E-state index is 12.4. The Hall–Kier alpha value is -1.11. The van der Waals surface area contributed by atoms with E-state index in [1.54, 1.807) is 0 Å². The predicted octanol–water partition coefficient (Wildman–Crippen LogP) is 3.61. The molecule has 0 unspecified atom stereocenters. The van der Waals surface area contributed by atoms with Crippen LogP contribution in [0.3, 0.4) is 0 Å². The molecule has 0 aliphatic carbocycles. The normalized spacial score (nSPS) is 22.9. The summed E-state index contributed by atoms with van der Waals surface area (Å²) >= 11 is 1.23. The van der Waals surface area contributed by atoms with Gasteiger partial charge in [-0.05, 0) is 37.6 Å². The molecule has 1 amide bonds. The molecular formula is C19H29NO3SSi. The van der Waals surface area contributed by atoms with Crippen molar-refractivity contribution in [1.29, 1.82) is 0 Å². The summed E-state index contributed by atoms with van der Waals surface area (Å²) in [5, 5.41) is 2.99. The van der Waals surface area contributed by atoms with Crippen molar-refractivity contribution in [3.05, 3.63) is 30.3 Å². The fourth-order valence-corrected chi connectivity index (χ4v) is 5.59. The molecule has 1 saturated heterocycles. The number of benzene rings is 1. The van der Waals surface area contributed by atoms with Crippen LogP contribution < -0.4 is 5.32 Å². The molecule has 1 aromatic carbocycles. The standard InChI is InChI=1S/C19H29NO3SSi/c1-18(2,3)19(4,23-25(5)6)16-14(20-17(16)22)12-15(21)24-13-10-8-7-9-11-13/h7-11,14,16,25H,12H2,1-6H3,(H,20,22)/t14-,16-,19-/m1/s1. The maximum absolute atomic E-state index is 12.4. The van der Waals surface area contributed by atoms with Gasteiger partial charge in [-0.2, -0.15) is 0 Å². The lowest BCUT2D eigenvalue weighted by atomic mass is 9.64. The Labute approximate surface area is 156 Å². The van der Waals surface area contributed by atoms with Gasteiger partial charge in [-0.1, -0.05) is 50.7 Å². The summed E-state index contributed by atoms with van der Waals surface area (Å²) in [6.07, 6.45) is 0.324. The molecule has 6 heteroatoms. The van der Waals surface area contributed by atoms with Crippen LogP contribution in [0.15, 0.2) is 35.2 Å². The summed E-state index contributed by atoms with van der Waals surface area (Å²) in [5.41, 5.74) is -0.765. The van der Waals surface area contributed by atoms with E-state index >= 15 is 0 Å². The van der Waals surface area contributed by atoms with Gasteiger partial charge in [0.2, 0.25) is 5.91 Å². The molecule has 138 valence electrons. The number of amides is 1. The van der Waals surface area contributed by atoms with Crippen LogP contribution in [-0.2, 0) is 14.0 Å². The molecule has 1 aromatic rings. The van der Waals surface area contributed by atoms with Crippen LogP contribution in [0.5, 0.6) is 0 Å². The lowest BCUT2D eigenvalue weighted by Crippen LogP contribution is -2.70. The monoisotopic (exact) mass is 379 g/mol. The highest BCUT2D eigenvalue weighted by molar-refractivity contribution is 8.13. The van der Waals surface area contributed by atoms with Crippen LogP contribution in [0.25, 0.3) is 0 Å². The van der Waals surface area contributed by atoms with Gasteiger partial charge < -0.3 is 9.74 Å². The Kier molecular flexibility index (Phi) is 6.17. The van der Waals surface area contributed by atoms with Crippen molar-refractivity contribution in [2.75, 3.05) is 0 Å². The number of rotatable bonds is 6. The van der Waals surface area contributed by atoms with Gasteiger partial charge in [0.25, 0.3) is 0 Å². The van der Waals surface area contributed by atoms with Crippen molar-refractivity contribution in [3.8, 4) is 0 Å². The molecule has 0 radical (unpaired) electrons. The Morgan fingerprint density at radius 3 is 2.28 bits per heavy atom. The Balaban J connectivity index is 2.11. The molecule has 0 aromatic heterocycles. The first-order valence-corrected chi connectivity index (χ1v) is 12.4. The predicted molar refractivity (Wildman–Crippen MR) is 105 cm³/mol. The molecular weight excluding hydrogens is 350 g/mol. The fourth-order valence-electron chi connectivity index (χ4n) is 3.29. The summed E-state index contributed by atoms with van der Waals surface area (Å²) in [5.74, 6) is -0.294. The summed E-state index contributed by atoms with van der Waals surface area (Å²) in [7, 11) is -1.35. The Morgan fingerprint density at radius 2 is 1.80 bits per heavy atom. The first-order valence-electron chi connectivity index (χ1n) is 8.78. The molecule has 4 nitrogen and oxygen atoms in total. The average molecular weight is 380 g/mol. The summed E-state index contributed by atoms with van der Waals surface area (Å²) in [4.78, 5) is 25.7. The highest BCUT2D eigenvalue weighted by Crippen LogP contribution is 2.45. The zero-order chi connectivity index (χ0) is 18.8. The van der Waals surface area contributed by atoms with Gasteiger partial charge in [0.15, 0.2) is 14.2 Å². The van der Waals surface area contributed by atoms with E-state index < -0.39 is 14.6 Å². The summed E-state index contributed by atoms with van der Waals surface area (Å²) < 4.78 is 6.37. The van der Waals surface area contributed by atoms with Gasteiger partial charge in [0, 0.05) is 11.3 Å². The van der Waals surface area contributed by atoms with E-state index in [4.69, 9.17) is 4.43 Å². The molecule has 1 N–H and O–H groups in total. The first-order chi connectivity index (χ1) is 11.5. The van der Waals surface area contributed by atoms with Crippen molar-refractivity contribution in [1.82, 2.24) is 5.32 Å². The number of thioether (sulfide) groups is 1. The summed E-state index contributed by atoms with van der Waals surface area (Å²) in [6.45, 7) is 12.6. The highest BCUT2D eigenvalue weighted by atomic mass is 32.2.